The highest BCUT2D eigenvalue weighted by Crippen LogP contribution is 2.21. The molecule has 2 rings (SSSR count). The van der Waals surface area contributed by atoms with Crippen molar-refractivity contribution in [2.75, 3.05) is 6.61 Å². The number of hydrogen-bond acceptors (Lipinski definition) is 2. The molecular formula is C18H19F2NO2. The molecule has 1 N–H and O–H groups in total. The predicted octanol–water partition coefficient (Wildman–Crippen LogP) is 3.86. The lowest BCUT2D eigenvalue weighted by Gasteiger charge is -2.23. The van der Waals surface area contributed by atoms with Crippen LogP contribution in [0.4, 0.5) is 8.78 Å². The van der Waals surface area contributed by atoms with Gasteiger partial charge in [0.1, 0.15) is 5.82 Å². The number of amides is 1. The third-order valence-electron chi connectivity index (χ3n) is 3.39. The van der Waals surface area contributed by atoms with E-state index < -0.39 is 11.6 Å². The Hall–Kier alpha value is -2.43. The summed E-state index contributed by atoms with van der Waals surface area (Å²) < 4.78 is 31.4. The average molecular weight is 319 g/mol. The summed E-state index contributed by atoms with van der Waals surface area (Å²) in [6.45, 7) is 3.66. The van der Waals surface area contributed by atoms with Gasteiger partial charge in [-0.25, -0.2) is 8.78 Å². The Bertz CT molecular complexity index is 659. The zero-order chi connectivity index (χ0) is 16.8. The van der Waals surface area contributed by atoms with Gasteiger partial charge in [-0.1, -0.05) is 44.2 Å². The van der Waals surface area contributed by atoms with Gasteiger partial charge >= 0.3 is 0 Å². The highest BCUT2D eigenvalue weighted by atomic mass is 19.1. The highest BCUT2D eigenvalue weighted by Gasteiger charge is 2.18. The van der Waals surface area contributed by atoms with Gasteiger partial charge in [0.25, 0.3) is 5.91 Å². The average Bonchev–Trinajstić information content (AvgIpc) is 2.52. The first kappa shape index (κ1) is 16.9. The molecule has 0 spiro atoms. The molecule has 0 saturated heterocycles. The Morgan fingerprint density at radius 2 is 1.83 bits per heavy atom. The number of nitrogens with one attached hydrogen (secondary N) is 1. The normalized spacial score (nSPS) is 12.0. The molecule has 0 bridgehead atoms. The number of carbonyl (C=O) groups is 1. The molecule has 3 nitrogen and oxygen atoms in total. The summed E-state index contributed by atoms with van der Waals surface area (Å²) in [6.07, 6.45) is 0. The fraction of sp³-hybridized carbons (Fsp3) is 0.278. The van der Waals surface area contributed by atoms with Crippen molar-refractivity contribution in [3.05, 3.63) is 65.7 Å². The van der Waals surface area contributed by atoms with Crippen LogP contribution >= 0.6 is 0 Å². The molecule has 2 aromatic carbocycles. The van der Waals surface area contributed by atoms with E-state index in [2.05, 4.69) is 5.32 Å². The lowest BCUT2D eigenvalue weighted by molar-refractivity contribution is -0.124. The first-order valence-corrected chi connectivity index (χ1v) is 7.39. The van der Waals surface area contributed by atoms with E-state index in [9.17, 15) is 13.6 Å². The van der Waals surface area contributed by atoms with Crippen LogP contribution < -0.4 is 10.1 Å². The van der Waals surface area contributed by atoms with E-state index >= 15 is 0 Å². The maximum absolute atomic E-state index is 13.5. The Balaban J connectivity index is 1.97. The van der Waals surface area contributed by atoms with E-state index in [1.165, 1.54) is 0 Å². The van der Waals surface area contributed by atoms with E-state index in [-0.39, 0.29) is 30.2 Å². The highest BCUT2D eigenvalue weighted by molar-refractivity contribution is 5.78. The number of hydrogen-bond donors (Lipinski definition) is 1. The zero-order valence-electron chi connectivity index (χ0n) is 13.1. The van der Waals surface area contributed by atoms with Crippen molar-refractivity contribution in [2.45, 2.75) is 19.9 Å². The summed E-state index contributed by atoms with van der Waals surface area (Å²) in [5.74, 6) is -1.85. The monoisotopic (exact) mass is 319 g/mol. The molecule has 0 heterocycles. The molecule has 23 heavy (non-hydrogen) atoms. The maximum Gasteiger partial charge on any atom is 0.258 e. The quantitative estimate of drug-likeness (QED) is 0.878. The first-order valence-electron chi connectivity index (χ1n) is 7.39. The minimum absolute atomic E-state index is 0.151. The molecule has 0 fully saturated rings. The van der Waals surface area contributed by atoms with Gasteiger partial charge in [0, 0.05) is 6.07 Å². The second-order valence-electron chi connectivity index (χ2n) is 5.56. The molecule has 0 saturated carbocycles. The van der Waals surface area contributed by atoms with Gasteiger partial charge in [-0.2, -0.15) is 0 Å². The minimum atomic E-state index is -0.832. The second kappa shape index (κ2) is 7.72. The summed E-state index contributed by atoms with van der Waals surface area (Å²) in [5, 5.41) is 2.87. The van der Waals surface area contributed by atoms with Crippen molar-refractivity contribution in [3.63, 3.8) is 0 Å². The number of rotatable bonds is 6. The zero-order valence-corrected chi connectivity index (χ0v) is 13.1. The number of carbonyl (C=O) groups excluding carboxylic acids is 1. The Kier molecular flexibility index (Phi) is 5.68. The van der Waals surface area contributed by atoms with Crippen molar-refractivity contribution in [1.29, 1.82) is 0 Å². The van der Waals surface area contributed by atoms with Gasteiger partial charge in [0.2, 0.25) is 0 Å². The van der Waals surface area contributed by atoms with Gasteiger partial charge in [-0.05, 0) is 23.6 Å². The van der Waals surface area contributed by atoms with E-state index in [1.54, 1.807) is 0 Å². The fourth-order valence-electron chi connectivity index (χ4n) is 2.25. The molecular weight excluding hydrogens is 300 g/mol. The van der Waals surface area contributed by atoms with Crippen LogP contribution in [0.1, 0.15) is 25.5 Å². The van der Waals surface area contributed by atoms with Gasteiger partial charge in [0.15, 0.2) is 18.2 Å². The molecule has 0 aromatic heterocycles. The molecule has 5 heteroatoms. The molecule has 122 valence electrons. The molecule has 1 amide bonds. The molecule has 0 radical (unpaired) electrons. The van der Waals surface area contributed by atoms with Crippen molar-refractivity contribution in [2.24, 2.45) is 5.92 Å². The van der Waals surface area contributed by atoms with E-state index in [1.807, 2.05) is 44.2 Å². The van der Waals surface area contributed by atoms with Crippen molar-refractivity contribution in [3.8, 4) is 5.75 Å². The largest absolute Gasteiger partial charge is 0.481 e. The van der Waals surface area contributed by atoms with E-state index in [0.29, 0.717) is 6.07 Å². The van der Waals surface area contributed by atoms with E-state index in [4.69, 9.17) is 4.74 Å². The van der Waals surface area contributed by atoms with Crippen LogP contribution in [0.5, 0.6) is 5.75 Å². The first-order chi connectivity index (χ1) is 11.0. The van der Waals surface area contributed by atoms with Gasteiger partial charge in [0.05, 0.1) is 6.04 Å². The minimum Gasteiger partial charge on any atom is -0.481 e. The second-order valence-corrected chi connectivity index (χ2v) is 5.56. The Morgan fingerprint density at radius 1 is 1.13 bits per heavy atom. The van der Waals surface area contributed by atoms with Gasteiger partial charge in [-0.15, -0.1) is 0 Å². The third kappa shape index (κ3) is 4.77. The topological polar surface area (TPSA) is 38.3 Å². The van der Waals surface area contributed by atoms with Crippen LogP contribution in [0.25, 0.3) is 0 Å². The van der Waals surface area contributed by atoms with E-state index in [0.717, 1.165) is 17.7 Å². The van der Waals surface area contributed by atoms with Crippen LogP contribution in [0.2, 0.25) is 0 Å². The molecule has 0 aliphatic rings. The fourth-order valence-corrected chi connectivity index (χ4v) is 2.25. The van der Waals surface area contributed by atoms with Gasteiger partial charge in [-0.3, -0.25) is 4.79 Å². The van der Waals surface area contributed by atoms with Crippen LogP contribution in [0.3, 0.4) is 0 Å². The standard InChI is InChI=1S/C18H19F2NO2/c1-12(2)18(13-6-4-3-5-7-13)21-17(22)11-23-16-9-8-14(19)10-15(16)20/h3-10,12,18H,11H2,1-2H3,(H,21,22). The summed E-state index contributed by atoms with van der Waals surface area (Å²) in [4.78, 5) is 12.1. The molecule has 0 aliphatic heterocycles. The van der Waals surface area contributed by atoms with Crippen LogP contribution in [0.15, 0.2) is 48.5 Å². The Morgan fingerprint density at radius 3 is 2.43 bits per heavy atom. The maximum atomic E-state index is 13.5. The van der Waals surface area contributed by atoms with Crippen LogP contribution in [-0.2, 0) is 4.79 Å². The number of ether oxygens (including phenoxy) is 1. The number of benzene rings is 2. The Labute approximate surface area is 134 Å². The third-order valence-corrected chi connectivity index (χ3v) is 3.39. The molecule has 1 unspecified atom stereocenters. The summed E-state index contributed by atoms with van der Waals surface area (Å²) in [5.41, 5.74) is 0.990. The van der Waals surface area contributed by atoms with Crippen molar-refractivity contribution in [1.82, 2.24) is 5.32 Å². The lowest BCUT2D eigenvalue weighted by Crippen LogP contribution is -2.35. The molecule has 1 atom stereocenters. The lowest BCUT2D eigenvalue weighted by atomic mass is 9.96. The van der Waals surface area contributed by atoms with Gasteiger partial charge < -0.3 is 10.1 Å². The molecule has 2 aromatic rings. The predicted molar refractivity (Wildman–Crippen MR) is 84.0 cm³/mol. The number of halogens is 2. The summed E-state index contributed by atoms with van der Waals surface area (Å²) in [6, 6.07) is 12.4. The van der Waals surface area contributed by atoms with Crippen molar-refractivity contribution < 1.29 is 18.3 Å². The molecule has 0 aliphatic carbocycles. The summed E-state index contributed by atoms with van der Waals surface area (Å²) in [7, 11) is 0. The van der Waals surface area contributed by atoms with Crippen molar-refractivity contribution >= 4 is 5.91 Å². The smallest absolute Gasteiger partial charge is 0.258 e. The van der Waals surface area contributed by atoms with Crippen LogP contribution in [0, 0.1) is 17.6 Å². The van der Waals surface area contributed by atoms with Crippen LogP contribution in [-0.4, -0.2) is 12.5 Å². The SMILES string of the molecule is CC(C)C(NC(=O)COc1ccc(F)cc1F)c1ccccc1. The summed E-state index contributed by atoms with van der Waals surface area (Å²) >= 11 is 0.